The largest absolute Gasteiger partial charge is 0.390 e. The van der Waals surface area contributed by atoms with Crippen molar-refractivity contribution >= 4 is 6.08 Å². The summed E-state index contributed by atoms with van der Waals surface area (Å²) < 4.78 is 1.95. The fourth-order valence-electron chi connectivity index (χ4n) is 0.986. The highest BCUT2D eigenvalue weighted by Crippen LogP contribution is 1.91. The van der Waals surface area contributed by atoms with Crippen molar-refractivity contribution in [3.8, 4) is 0 Å². The molecular weight excluding hydrogens is 138 g/mol. The molecule has 2 heteroatoms. The molecule has 0 bridgehead atoms. The Bertz CT molecular complexity index is 245. The van der Waals surface area contributed by atoms with Gasteiger partial charge >= 0.3 is 0 Å². The second-order valence-corrected chi connectivity index (χ2v) is 2.25. The number of aromatic nitrogens is 1. The fraction of sp³-hybridized carbons (Fsp3) is 0.222. The highest BCUT2D eigenvalue weighted by Gasteiger charge is 2.02. The van der Waals surface area contributed by atoms with E-state index in [1.54, 1.807) is 6.08 Å². The molecule has 1 N–H and O–H groups in total. The molecule has 0 amide bonds. The van der Waals surface area contributed by atoms with E-state index in [4.69, 9.17) is 5.11 Å². The number of rotatable bonds is 3. The molecule has 0 fully saturated rings. The van der Waals surface area contributed by atoms with Crippen LogP contribution >= 0.6 is 0 Å². The molecule has 2 nitrogen and oxygen atoms in total. The lowest BCUT2D eigenvalue weighted by atomic mass is 10.3. The lowest BCUT2D eigenvalue weighted by Crippen LogP contribution is -2.37. The fourth-order valence-corrected chi connectivity index (χ4v) is 0.986. The van der Waals surface area contributed by atoms with Crippen LogP contribution in [0.2, 0.25) is 0 Å². The number of aliphatic hydroxyl groups is 1. The molecule has 0 aliphatic rings. The van der Waals surface area contributed by atoms with E-state index in [1.807, 2.05) is 29.0 Å². The summed E-state index contributed by atoms with van der Waals surface area (Å²) in [6.07, 6.45) is 3.70. The molecule has 0 aliphatic carbocycles. The minimum atomic E-state index is 0.162. The first-order valence-electron chi connectivity index (χ1n) is 3.60. The Morgan fingerprint density at radius 2 is 2.36 bits per heavy atom. The van der Waals surface area contributed by atoms with Crippen molar-refractivity contribution in [3.05, 3.63) is 36.7 Å². The van der Waals surface area contributed by atoms with Gasteiger partial charge in [0.15, 0.2) is 12.7 Å². The van der Waals surface area contributed by atoms with Crippen LogP contribution < -0.4 is 4.57 Å². The predicted octanol–water partition coefficient (Wildman–Crippen LogP) is 0.609. The monoisotopic (exact) mass is 150 g/mol. The van der Waals surface area contributed by atoms with Gasteiger partial charge in [-0.25, -0.2) is 0 Å². The van der Waals surface area contributed by atoms with Gasteiger partial charge in [0.25, 0.3) is 0 Å². The summed E-state index contributed by atoms with van der Waals surface area (Å²) in [6.45, 7) is 4.46. The summed E-state index contributed by atoms with van der Waals surface area (Å²) in [6, 6.07) is 5.84. The molecule has 0 saturated carbocycles. The van der Waals surface area contributed by atoms with Crippen LogP contribution in [0.25, 0.3) is 6.08 Å². The molecule has 11 heavy (non-hydrogen) atoms. The minimum Gasteiger partial charge on any atom is -0.390 e. The molecule has 1 rings (SSSR count). The number of hydrogen-bond acceptors (Lipinski definition) is 1. The van der Waals surface area contributed by atoms with E-state index in [0.717, 1.165) is 5.69 Å². The lowest BCUT2D eigenvalue weighted by molar-refractivity contribution is -0.699. The molecule has 0 saturated heterocycles. The molecule has 0 radical (unpaired) electrons. The van der Waals surface area contributed by atoms with Crippen LogP contribution in [0.15, 0.2) is 31.0 Å². The zero-order valence-corrected chi connectivity index (χ0v) is 6.40. The second-order valence-electron chi connectivity index (χ2n) is 2.25. The molecule has 0 spiro atoms. The van der Waals surface area contributed by atoms with Gasteiger partial charge in [0.05, 0.1) is 0 Å². The van der Waals surface area contributed by atoms with Crippen molar-refractivity contribution in [2.45, 2.75) is 6.54 Å². The molecule has 1 aromatic rings. The predicted molar refractivity (Wildman–Crippen MR) is 43.8 cm³/mol. The summed E-state index contributed by atoms with van der Waals surface area (Å²) in [5.41, 5.74) is 1.03. The average Bonchev–Trinajstić information content (AvgIpc) is 2.06. The van der Waals surface area contributed by atoms with E-state index >= 15 is 0 Å². The molecular formula is C9H12NO+. The molecule has 0 aromatic carbocycles. The van der Waals surface area contributed by atoms with E-state index in [9.17, 15) is 0 Å². The number of aliphatic hydroxyl groups excluding tert-OH is 1. The van der Waals surface area contributed by atoms with E-state index < -0.39 is 0 Å². The van der Waals surface area contributed by atoms with Gasteiger partial charge in [-0.2, -0.15) is 4.57 Å². The Labute approximate surface area is 66.4 Å². The van der Waals surface area contributed by atoms with Crippen LogP contribution in [0.3, 0.4) is 0 Å². The van der Waals surface area contributed by atoms with Gasteiger partial charge in [-0.1, -0.05) is 6.58 Å². The van der Waals surface area contributed by atoms with Gasteiger partial charge in [-0.05, 0) is 6.07 Å². The second kappa shape index (κ2) is 3.88. The maximum absolute atomic E-state index is 8.68. The first kappa shape index (κ1) is 7.95. The van der Waals surface area contributed by atoms with Crippen molar-refractivity contribution in [3.63, 3.8) is 0 Å². The first-order valence-corrected chi connectivity index (χ1v) is 3.60. The third-order valence-corrected chi connectivity index (χ3v) is 1.53. The zero-order valence-electron chi connectivity index (χ0n) is 6.40. The highest BCUT2D eigenvalue weighted by atomic mass is 16.3. The summed E-state index contributed by atoms with van der Waals surface area (Å²) >= 11 is 0. The van der Waals surface area contributed by atoms with Crippen LogP contribution in [-0.2, 0) is 6.54 Å². The third kappa shape index (κ3) is 1.88. The Morgan fingerprint density at radius 3 is 3.00 bits per heavy atom. The molecule has 1 heterocycles. The summed E-state index contributed by atoms with van der Waals surface area (Å²) in [4.78, 5) is 0. The van der Waals surface area contributed by atoms with Gasteiger partial charge in [0, 0.05) is 18.2 Å². The SMILES string of the molecule is C=Cc1cccc[n+]1CCO. The van der Waals surface area contributed by atoms with Crippen LogP contribution in [-0.4, -0.2) is 11.7 Å². The quantitative estimate of drug-likeness (QED) is 0.627. The Morgan fingerprint density at radius 1 is 1.55 bits per heavy atom. The van der Waals surface area contributed by atoms with E-state index in [0.29, 0.717) is 6.54 Å². The number of hydrogen-bond donors (Lipinski definition) is 1. The lowest BCUT2D eigenvalue weighted by Gasteiger charge is -1.95. The van der Waals surface area contributed by atoms with E-state index in [1.165, 1.54) is 0 Å². The van der Waals surface area contributed by atoms with Crippen LogP contribution in [0.5, 0.6) is 0 Å². The molecule has 0 aliphatic heterocycles. The van der Waals surface area contributed by atoms with Crippen LogP contribution in [0, 0.1) is 0 Å². The van der Waals surface area contributed by atoms with E-state index in [-0.39, 0.29) is 6.61 Å². The number of nitrogens with zero attached hydrogens (tertiary/aromatic N) is 1. The topological polar surface area (TPSA) is 24.1 Å². The molecule has 1 aromatic heterocycles. The van der Waals surface area contributed by atoms with Gasteiger partial charge in [0.1, 0.15) is 6.61 Å². The standard InChI is InChI=1S/C9H12NO/c1-2-9-5-3-4-6-10(9)7-8-11/h2-6,11H,1,7-8H2/q+1. The average molecular weight is 150 g/mol. The molecule has 0 atom stereocenters. The van der Waals surface area contributed by atoms with Crippen molar-refractivity contribution < 1.29 is 9.67 Å². The smallest absolute Gasteiger partial charge is 0.204 e. The van der Waals surface area contributed by atoms with Crippen molar-refractivity contribution in [1.82, 2.24) is 0 Å². The molecule has 0 unspecified atom stereocenters. The van der Waals surface area contributed by atoms with Gasteiger partial charge in [-0.15, -0.1) is 0 Å². The summed E-state index contributed by atoms with van der Waals surface area (Å²) in [7, 11) is 0. The van der Waals surface area contributed by atoms with Gasteiger partial charge in [0.2, 0.25) is 5.69 Å². The minimum absolute atomic E-state index is 0.162. The van der Waals surface area contributed by atoms with Crippen molar-refractivity contribution in [1.29, 1.82) is 0 Å². The highest BCUT2D eigenvalue weighted by molar-refractivity contribution is 5.36. The van der Waals surface area contributed by atoms with Gasteiger partial charge < -0.3 is 5.11 Å². The maximum Gasteiger partial charge on any atom is 0.204 e. The summed E-state index contributed by atoms with van der Waals surface area (Å²) in [5, 5.41) is 8.68. The van der Waals surface area contributed by atoms with Crippen molar-refractivity contribution in [2.75, 3.05) is 6.61 Å². The van der Waals surface area contributed by atoms with Crippen molar-refractivity contribution in [2.24, 2.45) is 0 Å². The normalized spacial score (nSPS) is 9.55. The zero-order chi connectivity index (χ0) is 8.10. The maximum atomic E-state index is 8.68. The number of pyridine rings is 1. The third-order valence-electron chi connectivity index (χ3n) is 1.53. The van der Waals surface area contributed by atoms with Crippen LogP contribution in [0.1, 0.15) is 5.69 Å². The molecule has 58 valence electrons. The Balaban J connectivity index is 2.92. The Kier molecular flexibility index (Phi) is 2.81. The summed E-state index contributed by atoms with van der Waals surface area (Å²) in [5.74, 6) is 0. The first-order chi connectivity index (χ1) is 5.38. The Hall–Kier alpha value is -1.15. The van der Waals surface area contributed by atoms with E-state index in [2.05, 4.69) is 6.58 Å². The van der Waals surface area contributed by atoms with Crippen LogP contribution in [0.4, 0.5) is 0 Å². The van der Waals surface area contributed by atoms with Gasteiger partial charge in [-0.3, -0.25) is 0 Å².